The quantitative estimate of drug-likeness (QED) is 0.783. The van der Waals surface area contributed by atoms with Gasteiger partial charge in [0.1, 0.15) is 0 Å². The number of ketones is 1. The number of rotatable bonds is 3. The van der Waals surface area contributed by atoms with E-state index in [9.17, 15) is 4.79 Å². The summed E-state index contributed by atoms with van der Waals surface area (Å²) < 4.78 is 1.01. The molecule has 1 atom stereocenters. The Morgan fingerprint density at radius 1 is 1.32 bits per heavy atom. The minimum atomic E-state index is 0.224. The highest BCUT2D eigenvalue weighted by molar-refractivity contribution is 9.10. The molecule has 19 heavy (non-hydrogen) atoms. The standard InChI is InChI=1S/C16H22BrNO/c1-16(2,3)13-8-9-18(10-13)11-15(19)12-4-6-14(17)7-5-12/h4-7,13H,8-11H2,1-3H3. The molecule has 1 fully saturated rings. The maximum Gasteiger partial charge on any atom is 0.176 e. The van der Waals surface area contributed by atoms with Gasteiger partial charge in [0.05, 0.1) is 6.54 Å². The highest BCUT2D eigenvalue weighted by Crippen LogP contribution is 2.33. The summed E-state index contributed by atoms with van der Waals surface area (Å²) in [6.07, 6.45) is 1.21. The Morgan fingerprint density at radius 3 is 2.47 bits per heavy atom. The second-order valence-corrected chi connectivity index (χ2v) is 7.43. The van der Waals surface area contributed by atoms with Crippen LogP contribution in [-0.2, 0) is 0 Å². The van der Waals surface area contributed by atoms with Crippen molar-refractivity contribution < 1.29 is 4.79 Å². The lowest BCUT2D eigenvalue weighted by atomic mass is 9.80. The Hall–Kier alpha value is -0.670. The van der Waals surface area contributed by atoms with Gasteiger partial charge >= 0.3 is 0 Å². The van der Waals surface area contributed by atoms with Crippen LogP contribution in [0.15, 0.2) is 28.7 Å². The molecule has 0 spiro atoms. The number of halogens is 1. The van der Waals surface area contributed by atoms with Gasteiger partial charge in [-0.15, -0.1) is 0 Å². The number of Topliss-reactive ketones (excluding diaryl/α,β-unsaturated/α-hetero) is 1. The molecule has 0 bridgehead atoms. The van der Waals surface area contributed by atoms with Crippen molar-refractivity contribution in [3.63, 3.8) is 0 Å². The summed E-state index contributed by atoms with van der Waals surface area (Å²) in [7, 11) is 0. The van der Waals surface area contributed by atoms with Gasteiger partial charge in [-0.2, -0.15) is 0 Å². The largest absolute Gasteiger partial charge is 0.295 e. The molecule has 1 unspecified atom stereocenters. The van der Waals surface area contributed by atoms with E-state index in [1.165, 1.54) is 6.42 Å². The molecule has 1 saturated heterocycles. The van der Waals surface area contributed by atoms with Crippen molar-refractivity contribution in [3.8, 4) is 0 Å². The van der Waals surface area contributed by atoms with Crippen LogP contribution in [0.4, 0.5) is 0 Å². The molecule has 0 saturated carbocycles. The molecule has 0 aliphatic carbocycles. The monoisotopic (exact) mass is 323 g/mol. The maximum atomic E-state index is 12.2. The molecule has 104 valence electrons. The molecule has 0 amide bonds. The molecule has 2 rings (SSSR count). The Bertz CT molecular complexity index is 447. The SMILES string of the molecule is CC(C)(C)C1CCN(CC(=O)c2ccc(Br)cc2)C1. The molecule has 0 N–H and O–H groups in total. The number of hydrogen-bond acceptors (Lipinski definition) is 2. The topological polar surface area (TPSA) is 20.3 Å². The van der Waals surface area contributed by atoms with Crippen LogP contribution in [0.5, 0.6) is 0 Å². The zero-order valence-corrected chi connectivity index (χ0v) is 13.5. The number of nitrogens with zero attached hydrogens (tertiary/aromatic N) is 1. The fourth-order valence-corrected chi connectivity index (χ4v) is 2.88. The summed E-state index contributed by atoms with van der Waals surface area (Å²) in [4.78, 5) is 14.5. The van der Waals surface area contributed by atoms with Gasteiger partial charge in [0.2, 0.25) is 0 Å². The lowest BCUT2D eigenvalue weighted by Gasteiger charge is -2.27. The molecule has 3 heteroatoms. The van der Waals surface area contributed by atoms with E-state index in [1.54, 1.807) is 0 Å². The van der Waals surface area contributed by atoms with Crippen LogP contribution in [0.1, 0.15) is 37.6 Å². The number of hydrogen-bond donors (Lipinski definition) is 0. The molecule has 1 aromatic carbocycles. The van der Waals surface area contributed by atoms with Gasteiger partial charge in [-0.3, -0.25) is 9.69 Å². The molecule has 2 nitrogen and oxygen atoms in total. The van der Waals surface area contributed by atoms with E-state index in [0.29, 0.717) is 17.9 Å². The first-order valence-electron chi connectivity index (χ1n) is 6.87. The van der Waals surface area contributed by atoms with Crippen LogP contribution in [0.3, 0.4) is 0 Å². The van der Waals surface area contributed by atoms with Crippen molar-refractivity contribution in [1.29, 1.82) is 0 Å². The van der Waals surface area contributed by atoms with E-state index in [1.807, 2.05) is 24.3 Å². The Morgan fingerprint density at radius 2 is 1.95 bits per heavy atom. The zero-order chi connectivity index (χ0) is 14.0. The summed E-state index contributed by atoms with van der Waals surface area (Å²) in [5.41, 5.74) is 1.15. The van der Waals surface area contributed by atoms with Crippen molar-refractivity contribution in [3.05, 3.63) is 34.3 Å². The smallest absolute Gasteiger partial charge is 0.176 e. The van der Waals surface area contributed by atoms with Crippen LogP contribution < -0.4 is 0 Å². The summed E-state index contributed by atoms with van der Waals surface area (Å²) in [6, 6.07) is 7.64. The van der Waals surface area contributed by atoms with Gasteiger partial charge in [0.25, 0.3) is 0 Å². The van der Waals surface area contributed by atoms with E-state index in [0.717, 1.165) is 23.1 Å². The van der Waals surface area contributed by atoms with Crippen molar-refractivity contribution >= 4 is 21.7 Å². The van der Waals surface area contributed by atoms with Crippen LogP contribution in [-0.4, -0.2) is 30.3 Å². The summed E-state index contributed by atoms with van der Waals surface area (Å²) in [6.45, 7) is 9.51. The first-order chi connectivity index (χ1) is 8.86. The van der Waals surface area contributed by atoms with Gasteiger partial charge in [0.15, 0.2) is 5.78 Å². The van der Waals surface area contributed by atoms with Gasteiger partial charge in [0, 0.05) is 16.6 Å². The Kier molecular flexibility index (Phi) is 4.46. The summed E-state index contributed by atoms with van der Waals surface area (Å²) in [5.74, 6) is 0.923. The number of likely N-dealkylation sites (tertiary alicyclic amines) is 1. The predicted octanol–water partition coefficient (Wildman–Crippen LogP) is 4.00. The number of benzene rings is 1. The van der Waals surface area contributed by atoms with Gasteiger partial charge in [-0.05, 0) is 36.4 Å². The zero-order valence-electron chi connectivity index (χ0n) is 11.9. The molecule has 0 aromatic heterocycles. The van der Waals surface area contributed by atoms with Gasteiger partial charge in [-0.25, -0.2) is 0 Å². The van der Waals surface area contributed by atoms with Crippen molar-refractivity contribution in [1.82, 2.24) is 4.90 Å². The third-order valence-corrected chi connectivity index (χ3v) is 4.56. The second-order valence-electron chi connectivity index (χ2n) is 6.52. The molecule has 1 aliphatic rings. The van der Waals surface area contributed by atoms with Crippen LogP contribution in [0.25, 0.3) is 0 Å². The Balaban J connectivity index is 1.92. The number of carbonyl (C=O) groups excluding carboxylic acids is 1. The van der Waals surface area contributed by atoms with Crippen molar-refractivity contribution in [2.45, 2.75) is 27.2 Å². The van der Waals surface area contributed by atoms with Crippen molar-refractivity contribution in [2.75, 3.05) is 19.6 Å². The molecule has 1 aromatic rings. The van der Waals surface area contributed by atoms with E-state index < -0.39 is 0 Å². The third-order valence-electron chi connectivity index (χ3n) is 4.03. The predicted molar refractivity (Wildman–Crippen MR) is 82.5 cm³/mol. The third kappa shape index (κ3) is 3.90. The minimum absolute atomic E-state index is 0.224. The summed E-state index contributed by atoms with van der Waals surface area (Å²) in [5, 5.41) is 0. The normalized spacial score (nSPS) is 20.7. The fraction of sp³-hybridized carbons (Fsp3) is 0.562. The van der Waals surface area contributed by atoms with Crippen LogP contribution in [0.2, 0.25) is 0 Å². The molecule has 1 heterocycles. The maximum absolute atomic E-state index is 12.2. The fourth-order valence-electron chi connectivity index (χ4n) is 2.61. The second kappa shape index (κ2) is 5.76. The lowest BCUT2D eigenvalue weighted by molar-refractivity contribution is 0.0938. The molecular formula is C16H22BrNO. The first-order valence-corrected chi connectivity index (χ1v) is 7.66. The molecule has 0 radical (unpaired) electrons. The van der Waals surface area contributed by atoms with Crippen LogP contribution in [0, 0.1) is 11.3 Å². The average Bonchev–Trinajstić information content (AvgIpc) is 2.78. The molecular weight excluding hydrogens is 302 g/mol. The summed E-state index contributed by atoms with van der Waals surface area (Å²) >= 11 is 3.39. The van der Waals surface area contributed by atoms with E-state index in [4.69, 9.17) is 0 Å². The lowest BCUT2D eigenvalue weighted by Crippen LogP contribution is -2.30. The first kappa shape index (κ1) is 14.7. The molecule has 1 aliphatic heterocycles. The highest BCUT2D eigenvalue weighted by Gasteiger charge is 2.32. The van der Waals surface area contributed by atoms with Crippen molar-refractivity contribution in [2.24, 2.45) is 11.3 Å². The van der Waals surface area contributed by atoms with Gasteiger partial charge in [-0.1, -0.05) is 48.8 Å². The average molecular weight is 324 g/mol. The Labute approximate surface area is 124 Å². The van der Waals surface area contributed by atoms with E-state index >= 15 is 0 Å². The minimum Gasteiger partial charge on any atom is -0.295 e. The number of carbonyl (C=O) groups is 1. The van der Waals surface area contributed by atoms with Crippen LogP contribution >= 0.6 is 15.9 Å². The van der Waals surface area contributed by atoms with E-state index in [2.05, 4.69) is 41.6 Å². The van der Waals surface area contributed by atoms with E-state index in [-0.39, 0.29) is 5.78 Å². The van der Waals surface area contributed by atoms with Gasteiger partial charge < -0.3 is 0 Å². The highest BCUT2D eigenvalue weighted by atomic mass is 79.9.